The molecule has 3 heteroatoms. The van der Waals surface area contributed by atoms with E-state index in [2.05, 4.69) is 0 Å². The number of ether oxygens (including phenoxy) is 1. The van der Waals surface area contributed by atoms with Crippen molar-refractivity contribution in [3.63, 3.8) is 0 Å². The van der Waals surface area contributed by atoms with Gasteiger partial charge in [-0.3, -0.25) is 0 Å². The molecular weight excluding hydrogens is 106 g/mol. The molecule has 0 amide bonds. The van der Waals surface area contributed by atoms with E-state index in [-0.39, 0.29) is 6.61 Å². The van der Waals surface area contributed by atoms with E-state index < -0.39 is 0 Å². The molecule has 0 unspecified atom stereocenters. The summed E-state index contributed by atoms with van der Waals surface area (Å²) in [5, 5.41) is 8.41. The Hall–Kier alpha value is -0.570. The van der Waals surface area contributed by atoms with Crippen LogP contribution in [0.15, 0.2) is 0 Å². The minimum atomic E-state index is 0.208. The first-order chi connectivity index (χ1) is 3.93. The van der Waals surface area contributed by atoms with Gasteiger partial charge in [-0.25, -0.2) is 0 Å². The highest BCUT2D eigenvalue weighted by atomic mass is 16.5. The van der Waals surface area contributed by atoms with Crippen molar-refractivity contribution in [2.75, 3.05) is 26.3 Å². The molecule has 0 saturated carbocycles. The number of rotatable bonds is 2. The lowest BCUT2D eigenvalue weighted by atomic mass is 10.6. The van der Waals surface area contributed by atoms with Gasteiger partial charge in [0.15, 0.2) is 19.7 Å². The number of aliphatic hydroxyl groups excluding tert-OH is 1. The van der Waals surface area contributed by atoms with E-state index in [1.165, 1.54) is 0 Å². The molecule has 1 heterocycles. The molecule has 0 radical (unpaired) electrons. The summed E-state index contributed by atoms with van der Waals surface area (Å²) in [5.74, 6) is 0. The summed E-state index contributed by atoms with van der Waals surface area (Å²) in [7, 11) is 0. The Bertz CT molecular complexity index is 101. The van der Waals surface area contributed by atoms with E-state index in [9.17, 15) is 0 Å². The smallest absolute Gasteiger partial charge is 0.324 e. The highest BCUT2D eigenvalue weighted by Crippen LogP contribution is 1.83. The van der Waals surface area contributed by atoms with Gasteiger partial charge in [0.2, 0.25) is 0 Å². The van der Waals surface area contributed by atoms with Gasteiger partial charge >= 0.3 is 6.40 Å². The van der Waals surface area contributed by atoms with Crippen molar-refractivity contribution in [3.05, 3.63) is 0 Å². The minimum Gasteiger partial charge on any atom is -0.444 e. The Morgan fingerprint density at radius 3 is 3.12 bits per heavy atom. The Balaban J connectivity index is 2.23. The average molecular weight is 116 g/mol. The highest BCUT2D eigenvalue weighted by molar-refractivity contribution is 5.40. The van der Waals surface area contributed by atoms with Gasteiger partial charge in [0.1, 0.15) is 6.61 Å². The molecule has 1 aliphatic rings. The fourth-order valence-electron chi connectivity index (χ4n) is 0.674. The minimum absolute atomic E-state index is 0.208. The highest BCUT2D eigenvalue weighted by Gasteiger charge is 2.08. The molecular formula is C5H10NO2+. The second-order valence-electron chi connectivity index (χ2n) is 1.74. The van der Waals surface area contributed by atoms with E-state index in [0.717, 1.165) is 13.2 Å². The molecule has 0 aromatic heterocycles. The molecule has 0 bridgehead atoms. The van der Waals surface area contributed by atoms with Crippen molar-refractivity contribution >= 4 is 6.40 Å². The predicted octanol–water partition coefficient (Wildman–Crippen LogP) is -0.950. The number of β-amino-alcohol motifs (C(OH)–C–C–N with tert-alkyl or cyclic N) is 1. The van der Waals surface area contributed by atoms with Gasteiger partial charge in [0.25, 0.3) is 0 Å². The summed E-state index contributed by atoms with van der Waals surface area (Å²) in [5.41, 5.74) is 0. The first-order valence-electron chi connectivity index (χ1n) is 2.73. The standard InChI is InChI=1S/C5H10NO2/c7-3-1-6-2-4-8-5-6/h5,7H,1-4H2/q+1. The molecule has 1 N–H and O–H groups in total. The second-order valence-corrected chi connectivity index (χ2v) is 1.74. The van der Waals surface area contributed by atoms with Gasteiger partial charge in [-0.05, 0) is 0 Å². The summed E-state index contributed by atoms with van der Waals surface area (Å²) >= 11 is 0. The van der Waals surface area contributed by atoms with Gasteiger partial charge in [-0.15, -0.1) is 0 Å². The van der Waals surface area contributed by atoms with E-state index in [1.54, 1.807) is 6.40 Å². The molecule has 3 nitrogen and oxygen atoms in total. The third-order valence-corrected chi connectivity index (χ3v) is 1.11. The summed E-state index contributed by atoms with van der Waals surface area (Å²) in [6.45, 7) is 2.58. The molecule has 1 aliphatic heterocycles. The van der Waals surface area contributed by atoms with E-state index in [1.807, 2.05) is 4.58 Å². The Morgan fingerprint density at radius 1 is 1.75 bits per heavy atom. The van der Waals surface area contributed by atoms with E-state index >= 15 is 0 Å². The molecule has 1 rings (SSSR count). The SMILES string of the molecule is OCC[N+]1=COCC1. The van der Waals surface area contributed by atoms with Crippen LogP contribution >= 0.6 is 0 Å². The van der Waals surface area contributed by atoms with Crippen LogP contribution in [0.1, 0.15) is 0 Å². The Kier molecular flexibility index (Phi) is 1.86. The Labute approximate surface area is 48.2 Å². The lowest BCUT2D eigenvalue weighted by Crippen LogP contribution is -2.14. The summed E-state index contributed by atoms with van der Waals surface area (Å²) in [6, 6.07) is 0. The third kappa shape index (κ3) is 1.20. The zero-order valence-electron chi connectivity index (χ0n) is 4.71. The lowest BCUT2D eigenvalue weighted by Gasteiger charge is -1.87. The number of aliphatic hydroxyl groups is 1. The molecule has 0 spiro atoms. The Morgan fingerprint density at radius 2 is 2.62 bits per heavy atom. The van der Waals surface area contributed by atoms with Crippen LogP contribution in [0, 0.1) is 0 Å². The quantitative estimate of drug-likeness (QED) is 0.472. The van der Waals surface area contributed by atoms with Crippen LogP contribution in [-0.2, 0) is 4.74 Å². The van der Waals surface area contributed by atoms with Gasteiger partial charge < -0.3 is 9.84 Å². The summed E-state index contributed by atoms with van der Waals surface area (Å²) in [6.07, 6.45) is 1.66. The average Bonchev–Trinajstić information content (AvgIpc) is 2.19. The maximum Gasteiger partial charge on any atom is 0.324 e. The molecule has 46 valence electrons. The van der Waals surface area contributed by atoms with Crippen molar-refractivity contribution in [1.82, 2.24) is 0 Å². The molecule has 0 saturated heterocycles. The van der Waals surface area contributed by atoms with Crippen molar-refractivity contribution in [3.8, 4) is 0 Å². The van der Waals surface area contributed by atoms with E-state index in [0.29, 0.717) is 6.54 Å². The second kappa shape index (κ2) is 2.67. The lowest BCUT2D eigenvalue weighted by molar-refractivity contribution is -0.516. The van der Waals surface area contributed by atoms with Gasteiger partial charge in [0.05, 0.1) is 0 Å². The van der Waals surface area contributed by atoms with E-state index in [4.69, 9.17) is 9.84 Å². The van der Waals surface area contributed by atoms with Crippen LogP contribution in [0.3, 0.4) is 0 Å². The molecule has 8 heavy (non-hydrogen) atoms. The largest absolute Gasteiger partial charge is 0.444 e. The molecule has 0 aliphatic carbocycles. The normalized spacial score (nSPS) is 17.9. The van der Waals surface area contributed by atoms with Gasteiger partial charge in [-0.2, -0.15) is 4.58 Å². The maximum atomic E-state index is 8.41. The number of hydrogen-bond acceptors (Lipinski definition) is 2. The van der Waals surface area contributed by atoms with Gasteiger partial charge in [0, 0.05) is 0 Å². The summed E-state index contributed by atoms with van der Waals surface area (Å²) < 4.78 is 6.84. The first-order valence-corrected chi connectivity index (χ1v) is 2.73. The number of nitrogens with zero attached hydrogens (tertiary/aromatic N) is 1. The van der Waals surface area contributed by atoms with Crippen molar-refractivity contribution in [2.24, 2.45) is 0 Å². The summed E-state index contributed by atoms with van der Waals surface area (Å²) in [4.78, 5) is 0. The molecule has 0 aromatic rings. The van der Waals surface area contributed by atoms with Crippen molar-refractivity contribution < 1.29 is 14.4 Å². The third-order valence-electron chi connectivity index (χ3n) is 1.11. The number of hydrogen-bond donors (Lipinski definition) is 1. The topological polar surface area (TPSA) is 32.5 Å². The monoisotopic (exact) mass is 116 g/mol. The van der Waals surface area contributed by atoms with Gasteiger partial charge in [-0.1, -0.05) is 0 Å². The fraction of sp³-hybridized carbons (Fsp3) is 0.800. The zero-order valence-corrected chi connectivity index (χ0v) is 4.71. The predicted molar refractivity (Wildman–Crippen MR) is 29.1 cm³/mol. The molecule has 0 atom stereocenters. The van der Waals surface area contributed by atoms with Crippen LogP contribution < -0.4 is 0 Å². The van der Waals surface area contributed by atoms with Crippen LogP contribution in [-0.4, -0.2) is 42.4 Å². The fourth-order valence-corrected chi connectivity index (χ4v) is 0.674. The van der Waals surface area contributed by atoms with Crippen LogP contribution in [0.5, 0.6) is 0 Å². The van der Waals surface area contributed by atoms with Crippen LogP contribution in [0.4, 0.5) is 0 Å². The molecule has 0 aromatic carbocycles. The van der Waals surface area contributed by atoms with Crippen molar-refractivity contribution in [1.29, 1.82) is 0 Å². The van der Waals surface area contributed by atoms with Crippen molar-refractivity contribution in [2.45, 2.75) is 0 Å². The zero-order chi connectivity index (χ0) is 5.82. The van der Waals surface area contributed by atoms with Crippen LogP contribution in [0.25, 0.3) is 0 Å². The van der Waals surface area contributed by atoms with Crippen LogP contribution in [0.2, 0.25) is 0 Å². The molecule has 0 fully saturated rings. The maximum absolute atomic E-state index is 8.41. The first kappa shape index (κ1) is 5.56.